The summed E-state index contributed by atoms with van der Waals surface area (Å²) in [6.07, 6.45) is 2.65. The molecule has 0 aliphatic carbocycles. The van der Waals surface area contributed by atoms with E-state index >= 15 is 0 Å². The Morgan fingerprint density at radius 3 is 2.74 bits per heavy atom. The summed E-state index contributed by atoms with van der Waals surface area (Å²) in [6, 6.07) is 11.1. The van der Waals surface area contributed by atoms with Crippen molar-refractivity contribution in [2.45, 2.75) is 0 Å². The number of nitrogens with zero attached hydrogens (tertiary/aromatic N) is 2. The lowest BCUT2D eigenvalue weighted by Crippen LogP contribution is -1.96. The maximum Gasteiger partial charge on any atom is 0.194 e. The molecule has 94 valence electrons. The number of hydrogen-bond donors (Lipinski definition) is 0. The van der Waals surface area contributed by atoms with Gasteiger partial charge in [-0.1, -0.05) is 23.7 Å². The largest absolute Gasteiger partial charge is 0.296 e. The molecule has 2 heterocycles. The first-order valence-corrected chi connectivity index (χ1v) is 6.88. The Kier molecular flexibility index (Phi) is 3.19. The zero-order chi connectivity index (χ0) is 13.2. The van der Waals surface area contributed by atoms with Gasteiger partial charge in [-0.05, 0) is 24.3 Å². The molecule has 0 amide bonds. The van der Waals surface area contributed by atoms with Crippen LogP contribution in [0, 0.1) is 0 Å². The molecule has 0 aliphatic heterocycles. The van der Waals surface area contributed by atoms with Gasteiger partial charge < -0.3 is 0 Å². The summed E-state index contributed by atoms with van der Waals surface area (Å²) in [7, 11) is 0. The average Bonchev–Trinajstić information content (AvgIpc) is 3.07. The van der Waals surface area contributed by atoms with E-state index in [2.05, 4.69) is 4.98 Å². The minimum absolute atomic E-state index is 0.594. The molecule has 0 atom stereocenters. The smallest absolute Gasteiger partial charge is 0.194 e. The molecule has 5 heteroatoms. The van der Waals surface area contributed by atoms with Crippen LogP contribution in [0.1, 0.15) is 10.5 Å². The number of halogens is 1. The van der Waals surface area contributed by atoms with Crippen molar-refractivity contribution in [3.05, 3.63) is 58.7 Å². The molecule has 0 aliphatic rings. The average molecular weight is 289 g/mol. The second-order valence-electron chi connectivity index (χ2n) is 3.94. The second-order valence-corrected chi connectivity index (χ2v) is 5.22. The summed E-state index contributed by atoms with van der Waals surface area (Å²) in [4.78, 5) is 15.5. The molecule has 3 rings (SSSR count). The van der Waals surface area contributed by atoms with Crippen molar-refractivity contribution in [3.63, 3.8) is 0 Å². The summed E-state index contributed by atoms with van der Waals surface area (Å²) >= 11 is 7.36. The maximum absolute atomic E-state index is 10.9. The third kappa shape index (κ3) is 2.32. The normalized spacial score (nSPS) is 10.6. The van der Waals surface area contributed by atoms with E-state index in [-0.39, 0.29) is 0 Å². The highest BCUT2D eigenvalue weighted by atomic mass is 35.5. The molecule has 1 aromatic carbocycles. The number of benzene rings is 1. The van der Waals surface area contributed by atoms with Crippen LogP contribution in [0.3, 0.4) is 0 Å². The van der Waals surface area contributed by atoms with Crippen LogP contribution in [0.5, 0.6) is 0 Å². The topological polar surface area (TPSA) is 34.9 Å². The Morgan fingerprint density at radius 1 is 1.21 bits per heavy atom. The molecule has 0 unspecified atom stereocenters. The van der Waals surface area contributed by atoms with E-state index in [0.29, 0.717) is 10.7 Å². The van der Waals surface area contributed by atoms with Crippen molar-refractivity contribution >= 4 is 29.2 Å². The van der Waals surface area contributed by atoms with Crippen LogP contribution < -0.4 is 0 Å². The van der Waals surface area contributed by atoms with Crippen LogP contribution in [-0.2, 0) is 0 Å². The van der Waals surface area contributed by atoms with Crippen molar-refractivity contribution in [2.75, 3.05) is 0 Å². The van der Waals surface area contributed by atoms with Gasteiger partial charge in [0.05, 0.1) is 11.4 Å². The van der Waals surface area contributed by atoms with Gasteiger partial charge in [-0.3, -0.25) is 9.36 Å². The van der Waals surface area contributed by atoms with Crippen molar-refractivity contribution in [3.8, 4) is 16.4 Å². The minimum atomic E-state index is 0.594. The zero-order valence-electron chi connectivity index (χ0n) is 9.79. The number of rotatable bonds is 3. The number of aldehydes is 1. The van der Waals surface area contributed by atoms with Crippen molar-refractivity contribution in [1.82, 2.24) is 9.55 Å². The monoisotopic (exact) mass is 288 g/mol. The van der Waals surface area contributed by atoms with Gasteiger partial charge in [-0.2, -0.15) is 0 Å². The first kappa shape index (κ1) is 12.1. The number of thiazole rings is 1. The van der Waals surface area contributed by atoms with Crippen molar-refractivity contribution in [2.24, 2.45) is 0 Å². The Morgan fingerprint density at radius 2 is 2.00 bits per heavy atom. The summed E-state index contributed by atoms with van der Waals surface area (Å²) in [5.74, 6) is 0. The van der Waals surface area contributed by atoms with Crippen molar-refractivity contribution < 1.29 is 4.79 Å². The zero-order valence-corrected chi connectivity index (χ0v) is 11.4. The van der Waals surface area contributed by atoms with Crippen molar-refractivity contribution in [1.29, 1.82) is 0 Å². The lowest BCUT2D eigenvalue weighted by molar-refractivity contribution is 0.111. The Hall–Kier alpha value is -1.91. The van der Waals surface area contributed by atoms with Crippen LogP contribution in [0.2, 0.25) is 5.02 Å². The van der Waals surface area contributed by atoms with E-state index in [1.165, 1.54) is 11.3 Å². The number of carbonyl (C=O) groups is 1. The van der Waals surface area contributed by atoms with Gasteiger partial charge in [-0.25, -0.2) is 4.98 Å². The molecular weight excluding hydrogens is 280 g/mol. The van der Waals surface area contributed by atoms with Gasteiger partial charge in [0.15, 0.2) is 11.4 Å². The maximum atomic E-state index is 10.9. The SMILES string of the molecule is O=Cc1cccn1-c1nc(-c2ccc(Cl)cc2)cs1. The fraction of sp³-hybridized carbons (Fsp3) is 0. The molecule has 0 saturated heterocycles. The minimum Gasteiger partial charge on any atom is -0.296 e. The predicted octanol–water partition coefficient (Wildman–Crippen LogP) is 4.07. The van der Waals surface area contributed by atoms with Gasteiger partial charge in [0.1, 0.15) is 0 Å². The molecule has 3 aromatic rings. The van der Waals surface area contributed by atoms with Gasteiger partial charge in [0.25, 0.3) is 0 Å². The van der Waals surface area contributed by atoms with Crippen LogP contribution in [0.25, 0.3) is 16.4 Å². The molecule has 0 bridgehead atoms. The molecule has 3 nitrogen and oxygen atoms in total. The van der Waals surface area contributed by atoms with Crippen LogP contribution >= 0.6 is 22.9 Å². The van der Waals surface area contributed by atoms with E-state index in [0.717, 1.165) is 22.7 Å². The summed E-state index contributed by atoms with van der Waals surface area (Å²) in [5, 5.41) is 3.44. The number of hydrogen-bond acceptors (Lipinski definition) is 3. The Labute approximate surface area is 119 Å². The molecule has 0 spiro atoms. The van der Waals surface area contributed by atoms with E-state index in [9.17, 15) is 4.79 Å². The lowest BCUT2D eigenvalue weighted by Gasteiger charge is -1.99. The van der Waals surface area contributed by atoms with Gasteiger partial charge in [0.2, 0.25) is 0 Å². The fourth-order valence-electron chi connectivity index (χ4n) is 1.79. The molecule has 19 heavy (non-hydrogen) atoms. The van der Waals surface area contributed by atoms with Gasteiger partial charge in [0, 0.05) is 22.2 Å². The standard InChI is InChI=1S/C14H9ClN2OS/c15-11-5-3-10(4-6-11)13-9-19-14(16-13)17-7-1-2-12(17)8-18/h1-9H. The van der Waals surface area contributed by atoms with Gasteiger partial charge in [-0.15, -0.1) is 11.3 Å². The Bertz CT molecular complexity index is 715. The third-order valence-corrected chi connectivity index (χ3v) is 3.83. The summed E-state index contributed by atoms with van der Waals surface area (Å²) < 4.78 is 1.77. The predicted molar refractivity (Wildman–Crippen MR) is 77.3 cm³/mol. The van der Waals surface area contributed by atoms with E-state index in [1.54, 1.807) is 10.6 Å². The first-order valence-electron chi connectivity index (χ1n) is 5.62. The molecule has 2 aromatic heterocycles. The molecule has 0 N–H and O–H groups in total. The summed E-state index contributed by atoms with van der Waals surface area (Å²) in [5.41, 5.74) is 2.48. The molecule has 0 fully saturated rings. The third-order valence-electron chi connectivity index (χ3n) is 2.74. The fourth-order valence-corrected chi connectivity index (χ4v) is 2.76. The van der Waals surface area contributed by atoms with Crippen LogP contribution in [0.4, 0.5) is 0 Å². The molecule has 0 radical (unpaired) electrons. The summed E-state index contributed by atoms with van der Waals surface area (Å²) in [6.45, 7) is 0. The van der Waals surface area contributed by atoms with Gasteiger partial charge >= 0.3 is 0 Å². The van der Waals surface area contributed by atoms with E-state index in [1.807, 2.05) is 41.9 Å². The van der Waals surface area contributed by atoms with E-state index < -0.39 is 0 Å². The quantitative estimate of drug-likeness (QED) is 0.681. The highest BCUT2D eigenvalue weighted by molar-refractivity contribution is 7.12. The molecular formula is C14H9ClN2OS. The van der Waals surface area contributed by atoms with Crippen LogP contribution in [-0.4, -0.2) is 15.8 Å². The van der Waals surface area contributed by atoms with Crippen LogP contribution in [0.15, 0.2) is 48.0 Å². The highest BCUT2D eigenvalue weighted by Gasteiger charge is 2.08. The second kappa shape index (κ2) is 4.99. The Balaban J connectivity index is 2.00. The number of aromatic nitrogens is 2. The molecule has 0 saturated carbocycles. The number of carbonyl (C=O) groups excluding carboxylic acids is 1. The first-order chi connectivity index (χ1) is 9.28. The highest BCUT2D eigenvalue weighted by Crippen LogP contribution is 2.25. The lowest BCUT2D eigenvalue weighted by atomic mass is 10.2. The van der Waals surface area contributed by atoms with E-state index in [4.69, 9.17) is 11.6 Å².